The number of nitrogens with zero attached hydrogens (tertiary/aromatic N) is 3. The van der Waals surface area contributed by atoms with Crippen LogP contribution in [0.15, 0.2) is 29.2 Å². The standard InChI is InChI=1S/C23H30N3O2P/c1-14-9-16-13-17-10-15(2)12-19(23(6,7)8)21(17)28-29(26-25-24)27-20(16)18(11-14)22(3,4)5/h9-12H,13H2,1-8H3. The van der Waals surface area contributed by atoms with Crippen molar-refractivity contribution in [1.82, 2.24) is 0 Å². The Kier molecular flexibility index (Phi) is 5.60. The molecule has 0 bridgehead atoms. The molecule has 0 radical (unpaired) electrons. The third-order valence-corrected chi connectivity index (χ3v) is 5.97. The Bertz CT molecular complexity index is 925. The fourth-order valence-corrected chi connectivity index (χ4v) is 4.66. The van der Waals surface area contributed by atoms with Gasteiger partial charge in [0.15, 0.2) is 0 Å². The fraction of sp³-hybridized carbons (Fsp3) is 0.478. The van der Waals surface area contributed by atoms with Gasteiger partial charge in [-0.15, -0.1) is 0 Å². The summed E-state index contributed by atoms with van der Waals surface area (Å²) in [5.74, 6) is 1.57. The average molecular weight is 411 g/mol. The zero-order chi connectivity index (χ0) is 21.6. The molecule has 3 rings (SSSR count). The van der Waals surface area contributed by atoms with Gasteiger partial charge in [-0.05, 0) is 41.3 Å². The molecule has 5 nitrogen and oxygen atoms in total. The molecule has 0 aromatic heterocycles. The smallest absolute Gasteiger partial charge is 0.386 e. The lowest BCUT2D eigenvalue weighted by Crippen LogP contribution is -2.18. The van der Waals surface area contributed by atoms with Crippen LogP contribution < -0.4 is 9.05 Å². The van der Waals surface area contributed by atoms with E-state index in [4.69, 9.17) is 14.6 Å². The number of fused-ring (bicyclic) bond motifs is 2. The number of rotatable bonds is 1. The molecule has 0 atom stereocenters. The van der Waals surface area contributed by atoms with E-state index in [9.17, 15) is 0 Å². The van der Waals surface area contributed by atoms with Gasteiger partial charge < -0.3 is 9.05 Å². The molecule has 29 heavy (non-hydrogen) atoms. The Morgan fingerprint density at radius 2 is 1.24 bits per heavy atom. The number of benzene rings is 2. The molecular formula is C23H30N3O2P. The fourth-order valence-electron chi connectivity index (χ4n) is 3.74. The van der Waals surface area contributed by atoms with Crippen LogP contribution in [0.25, 0.3) is 10.4 Å². The normalized spacial score (nSPS) is 14.5. The summed E-state index contributed by atoms with van der Waals surface area (Å²) < 4.78 is 12.5. The summed E-state index contributed by atoms with van der Waals surface area (Å²) in [7, 11) is -1.83. The molecule has 0 aliphatic carbocycles. The topological polar surface area (TPSA) is 67.2 Å². The van der Waals surface area contributed by atoms with Crippen LogP contribution in [-0.2, 0) is 17.3 Å². The summed E-state index contributed by atoms with van der Waals surface area (Å²) in [5, 5.41) is 0. The van der Waals surface area contributed by atoms with Crippen LogP contribution in [0.3, 0.4) is 0 Å². The predicted octanol–water partition coefficient (Wildman–Crippen LogP) is 7.80. The van der Waals surface area contributed by atoms with Gasteiger partial charge >= 0.3 is 8.53 Å². The van der Waals surface area contributed by atoms with Gasteiger partial charge in [0.25, 0.3) is 0 Å². The van der Waals surface area contributed by atoms with Crippen molar-refractivity contribution < 1.29 is 9.05 Å². The quantitative estimate of drug-likeness (QED) is 0.208. The van der Waals surface area contributed by atoms with Gasteiger partial charge in [-0.3, -0.25) is 0 Å². The highest BCUT2D eigenvalue weighted by molar-refractivity contribution is 7.46. The van der Waals surface area contributed by atoms with Gasteiger partial charge in [0.05, 0.1) is 0 Å². The first-order valence-corrected chi connectivity index (χ1v) is 11.0. The van der Waals surface area contributed by atoms with Gasteiger partial charge in [-0.2, -0.15) is 0 Å². The largest absolute Gasteiger partial charge is 0.434 e. The molecule has 2 aromatic carbocycles. The van der Waals surface area contributed by atoms with Crippen LogP contribution in [0.2, 0.25) is 0 Å². The second-order valence-electron chi connectivity index (χ2n) is 9.88. The molecular weight excluding hydrogens is 381 g/mol. The Morgan fingerprint density at radius 1 is 0.828 bits per heavy atom. The van der Waals surface area contributed by atoms with Crippen molar-refractivity contribution in [2.75, 3.05) is 0 Å². The minimum atomic E-state index is -1.83. The zero-order valence-corrected chi connectivity index (χ0v) is 19.5. The monoisotopic (exact) mass is 411 g/mol. The zero-order valence-electron chi connectivity index (χ0n) is 18.6. The van der Waals surface area contributed by atoms with E-state index in [0.717, 1.165) is 33.8 Å². The third-order valence-electron chi connectivity index (χ3n) is 5.07. The first-order chi connectivity index (χ1) is 13.4. The molecule has 1 aliphatic heterocycles. The van der Waals surface area contributed by atoms with Crippen molar-refractivity contribution in [3.8, 4) is 11.5 Å². The minimum absolute atomic E-state index is 0.112. The predicted molar refractivity (Wildman–Crippen MR) is 120 cm³/mol. The second kappa shape index (κ2) is 7.55. The highest BCUT2D eigenvalue weighted by Crippen LogP contribution is 2.52. The third kappa shape index (κ3) is 4.52. The number of aryl methyl sites for hydroxylation is 2. The van der Waals surface area contributed by atoms with Crippen LogP contribution in [-0.4, -0.2) is 0 Å². The average Bonchev–Trinajstić information content (AvgIpc) is 2.55. The summed E-state index contributed by atoms with van der Waals surface area (Å²) in [4.78, 5) is 6.88. The van der Waals surface area contributed by atoms with E-state index < -0.39 is 8.53 Å². The van der Waals surface area contributed by atoms with Crippen molar-refractivity contribution in [1.29, 1.82) is 0 Å². The van der Waals surface area contributed by atoms with Crippen molar-refractivity contribution in [3.63, 3.8) is 0 Å². The van der Waals surface area contributed by atoms with E-state index in [0.29, 0.717) is 6.42 Å². The minimum Gasteiger partial charge on any atom is -0.434 e. The molecule has 6 heteroatoms. The molecule has 1 heterocycles. The van der Waals surface area contributed by atoms with E-state index in [1.165, 1.54) is 11.1 Å². The molecule has 0 saturated heterocycles. The Hall–Kier alpha value is -2.22. The lowest BCUT2D eigenvalue weighted by Gasteiger charge is -2.31. The molecule has 0 N–H and O–H groups in total. The maximum Gasteiger partial charge on any atom is 0.386 e. The van der Waals surface area contributed by atoms with E-state index in [-0.39, 0.29) is 10.8 Å². The Morgan fingerprint density at radius 3 is 1.59 bits per heavy atom. The molecule has 0 spiro atoms. The van der Waals surface area contributed by atoms with Crippen LogP contribution in [0.1, 0.15) is 74.9 Å². The van der Waals surface area contributed by atoms with Crippen molar-refractivity contribution in [3.05, 3.63) is 68.1 Å². The van der Waals surface area contributed by atoms with Crippen LogP contribution in [0.4, 0.5) is 0 Å². The van der Waals surface area contributed by atoms with Crippen molar-refractivity contribution in [2.45, 2.75) is 72.6 Å². The summed E-state index contributed by atoms with van der Waals surface area (Å²) >= 11 is 0. The van der Waals surface area contributed by atoms with Crippen LogP contribution in [0, 0.1) is 13.8 Å². The van der Waals surface area contributed by atoms with E-state index in [2.05, 4.69) is 89.5 Å². The van der Waals surface area contributed by atoms with Gasteiger partial charge in [0, 0.05) is 27.3 Å². The summed E-state index contributed by atoms with van der Waals surface area (Å²) in [6, 6.07) is 8.65. The number of hydrogen-bond acceptors (Lipinski definition) is 3. The summed E-state index contributed by atoms with van der Waals surface area (Å²) in [6.45, 7) is 17.2. The van der Waals surface area contributed by atoms with Crippen LogP contribution in [0.5, 0.6) is 11.5 Å². The molecule has 0 unspecified atom stereocenters. The van der Waals surface area contributed by atoms with Gasteiger partial charge in [-0.25, -0.2) is 0 Å². The highest BCUT2D eigenvalue weighted by atomic mass is 31.2. The first-order valence-electron chi connectivity index (χ1n) is 9.89. The maximum atomic E-state index is 9.14. The molecule has 2 aromatic rings. The molecule has 0 saturated carbocycles. The summed E-state index contributed by atoms with van der Waals surface area (Å²) in [6.07, 6.45) is 0.708. The Labute approximate surface area is 175 Å². The number of azide groups is 1. The van der Waals surface area contributed by atoms with Gasteiger partial charge in [-0.1, -0.05) is 76.9 Å². The van der Waals surface area contributed by atoms with E-state index in [1.54, 1.807) is 0 Å². The van der Waals surface area contributed by atoms with E-state index in [1.807, 2.05) is 0 Å². The second-order valence-corrected chi connectivity index (χ2v) is 10.9. The Balaban J connectivity index is 2.32. The van der Waals surface area contributed by atoms with Gasteiger partial charge in [0.1, 0.15) is 11.5 Å². The maximum absolute atomic E-state index is 9.14. The SMILES string of the molecule is Cc1cc2c(c(C(C)(C)C)c1)OP(N=[N+]=[N-])Oc1c(cc(C)cc1C(C)(C)C)C2. The highest BCUT2D eigenvalue weighted by Gasteiger charge is 2.31. The molecule has 0 fully saturated rings. The lowest BCUT2D eigenvalue weighted by atomic mass is 9.81. The van der Waals surface area contributed by atoms with E-state index >= 15 is 0 Å². The molecule has 0 amide bonds. The van der Waals surface area contributed by atoms with Gasteiger partial charge in [0.2, 0.25) is 0 Å². The number of hydrogen-bond donors (Lipinski definition) is 0. The van der Waals surface area contributed by atoms with Crippen LogP contribution >= 0.6 is 8.53 Å². The molecule has 154 valence electrons. The molecule has 1 aliphatic rings. The lowest BCUT2D eigenvalue weighted by molar-refractivity contribution is 0.449. The van der Waals surface area contributed by atoms with Crippen molar-refractivity contribution >= 4 is 8.53 Å². The van der Waals surface area contributed by atoms with Crippen molar-refractivity contribution in [2.24, 2.45) is 4.88 Å². The first kappa shape index (κ1) is 21.5. The summed E-state index contributed by atoms with van der Waals surface area (Å²) in [5.41, 5.74) is 15.7.